The number of hydrazone groups is 1. The number of amides is 1. The van der Waals surface area contributed by atoms with Gasteiger partial charge in [0, 0.05) is 17.1 Å². The van der Waals surface area contributed by atoms with Crippen LogP contribution in [0.25, 0.3) is 10.9 Å². The number of aryl methyl sites for hydroxylation is 1. The number of H-pyrrole nitrogens is 1. The van der Waals surface area contributed by atoms with E-state index in [2.05, 4.69) is 15.5 Å². The van der Waals surface area contributed by atoms with E-state index in [-0.39, 0.29) is 5.91 Å². The highest BCUT2D eigenvalue weighted by molar-refractivity contribution is 5.89. The van der Waals surface area contributed by atoms with Gasteiger partial charge < -0.3 is 4.98 Å². The third kappa shape index (κ3) is 3.23. The first-order valence-corrected chi connectivity index (χ1v) is 7.16. The lowest BCUT2D eigenvalue weighted by atomic mass is 10.1. The second-order valence-corrected chi connectivity index (χ2v) is 5.24. The third-order valence-electron chi connectivity index (χ3n) is 3.51. The summed E-state index contributed by atoms with van der Waals surface area (Å²) in [5.74, 6) is -0.131. The molecule has 1 aromatic heterocycles. The van der Waals surface area contributed by atoms with Crippen molar-refractivity contribution in [1.29, 1.82) is 0 Å². The first-order valence-electron chi connectivity index (χ1n) is 7.16. The number of fused-ring (bicyclic) bond motifs is 1. The lowest BCUT2D eigenvalue weighted by Gasteiger charge is -1.99. The number of carbonyl (C=O) groups excluding carboxylic acids is 1. The molecule has 0 aliphatic rings. The van der Waals surface area contributed by atoms with E-state index < -0.39 is 0 Å². The number of hydrogen-bond acceptors (Lipinski definition) is 2. The van der Waals surface area contributed by atoms with Gasteiger partial charge in [-0.25, -0.2) is 5.43 Å². The summed E-state index contributed by atoms with van der Waals surface area (Å²) in [6.07, 6.45) is 3.82. The average molecular weight is 291 g/mol. The number of aromatic amines is 1. The molecule has 0 radical (unpaired) electrons. The van der Waals surface area contributed by atoms with Crippen molar-refractivity contribution in [2.45, 2.75) is 13.3 Å². The van der Waals surface area contributed by atoms with E-state index in [4.69, 9.17) is 0 Å². The van der Waals surface area contributed by atoms with Gasteiger partial charge in [-0.3, -0.25) is 4.79 Å². The minimum atomic E-state index is -0.131. The maximum Gasteiger partial charge on any atom is 0.244 e. The van der Waals surface area contributed by atoms with E-state index >= 15 is 0 Å². The van der Waals surface area contributed by atoms with E-state index in [1.54, 1.807) is 6.21 Å². The molecule has 0 atom stereocenters. The van der Waals surface area contributed by atoms with Gasteiger partial charge in [0.25, 0.3) is 0 Å². The van der Waals surface area contributed by atoms with Crippen LogP contribution in [-0.2, 0) is 11.2 Å². The summed E-state index contributed by atoms with van der Waals surface area (Å²) >= 11 is 0. The minimum absolute atomic E-state index is 0.131. The lowest BCUT2D eigenvalue weighted by Crippen LogP contribution is -2.19. The van der Waals surface area contributed by atoms with Gasteiger partial charge in [0.05, 0.1) is 12.6 Å². The summed E-state index contributed by atoms with van der Waals surface area (Å²) in [7, 11) is 0. The molecule has 4 heteroatoms. The number of para-hydroxylation sites is 1. The minimum Gasteiger partial charge on any atom is -0.361 e. The Bertz CT molecular complexity index is 816. The van der Waals surface area contributed by atoms with Crippen molar-refractivity contribution in [2.75, 3.05) is 0 Å². The van der Waals surface area contributed by atoms with Crippen molar-refractivity contribution in [3.63, 3.8) is 0 Å². The van der Waals surface area contributed by atoms with Crippen LogP contribution in [0.2, 0.25) is 0 Å². The molecule has 2 aromatic carbocycles. The van der Waals surface area contributed by atoms with E-state index in [0.29, 0.717) is 6.42 Å². The average Bonchev–Trinajstić information content (AvgIpc) is 2.93. The van der Waals surface area contributed by atoms with E-state index in [0.717, 1.165) is 22.0 Å². The zero-order chi connectivity index (χ0) is 15.4. The normalized spacial score (nSPS) is 11.1. The summed E-state index contributed by atoms with van der Waals surface area (Å²) in [6, 6.07) is 15.9. The molecule has 0 aliphatic heterocycles. The van der Waals surface area contributed by atoms with Crippen LogP contribution in [0.3, 0.4) is 0 Å². The van der Waals surface area contributed by atoms with E-state index in [1.807, 2.05) is 61.7 Å². The van der Waals surface area contributed by atoms with Gasteiger partial charge in [-0.2, -0.15) is 5.10 Å². The monoisotopic (exact) mass is 291 g/mol. The van der Waals surface area contributed by atoms with Crippen molar-refractivity contribution < 1.29 is 4.79 Å². The summed E-state index contributed by atoms with van der Waals surface area (Å²) in [4.78, 5) is 15.1. The third-order valence-corrected chi connectivity index (χ3v) is 3.51. The van der Waals surface area contributed by atoms with Gasteiger partial charge in [-0.1, -0.05) is 48.0 Å². The molecule has 4 nitrogen and oxygen atoms in total. The van der Waals surface area contributed by atoms with Crippen LogP contribution in [0.1, 0.15) is 16.7 Å². The van der Waals surface area contributed by atoms with Crippen LogP contribution >= 0.6 is 0 Å². The summed E-state index contributed by atoms with van der Waals surface area (Å²) in [5.41, 5.74) is 6.72. The van der Waals surface area contributed by atoms with Crippen molar-refractivity contribution in [2.24, 2.45) is 5.10 Å². The number of hydrogen-bond donors (Lipinski definition) is 2. The SMILES string of the molecule is Cc1ccc(/C=N/NC(=O)Cc2c[nH]c3ccccc23)cc1. The molecule has 0 spiro atoms. The van der Waals surface area contributed by atoms with Crippen LogP contribution in [0.4, 0.5) is 0 Å². The smallest absolute Gasteiger partial charge is 0.244 e. The maximum absolute atomic E-state index is 12.0. The molecule has 0 fully saturated rings. The molecular formula is C18H17N3O. The fourth-order valence-electron chi connectivity index (χ4n) is 2.32. The highest BCUT2D eigenvalue weighted by atomic mass is 16.2. The van der Waals surface area contributed by atoms with Crippen molar-refractivity contribution in [1.82, 2.24) is 10.4 Å². The van der Waals surface area contributed by atoms with Crippen molar-refractivity contribution >= 4 is 23.0 Å². The lowest BCUT2D eigenvalue weighted by molar-refractivity contribution is -0.120. The standard InChI is InChI=1S/C18H17N3O/c1-13-6-8-14(9-7-13)11-20-21-18(22)10-15-12-19-17-5-3-2-4-16(15)17/h2-9,11-12,19H,10H2,1H3,(H,21,22)/b20-11+. The highest BCUT2D eigenvalue weighted by Crippen LogP contribution is 2.17. The summed E-state index contributed by atoms with van der Waals surface area (Å²) in [5, 5.41) is 5.07. The molecule has 0 saturated heterocycles. The molecule has 0 aliphatic carbocycles. The Morgan fingerprint density at radius 1 is 1.18 bits per heavy atom. The molecular weight excluding hydrogens is 274 g/mol. The Labute approximate surface area is 128 Å². The zero-order valence-corrected chi connectivity index (χ0v) is 12.3. The molecule has 0 saturated carbocycles. The number of nitrogens with zero attached hydrogens (tertiary/aromatic N) is 1. The second kappa shape index (κ2) is 6.26. The Morgan fingerprint density at radius 2 is 1.95 bits per heavy atom. The van der Waals surface area contributed by atoms with Crippen LogP contribution in [0.15, 0.2) is 59.8 Å². The van der Waals surface area contributed by atoms with Gasteiger partial charge in [0.2, 0.25) is 5.91 Å². The fraction of sp³-hybridized carbons (Fsp3) is 0.111. The second-order valence-electron chi connectivity index (χ2n) is 5.24. The number of nitrogens with one attached hydrogen (secondary N) is 2. The fourth-order valence-corrected chi connectivity index (χ4v) is 2.32. The first-order chi connectivity index (χ1) is 10.7. The summed E-state index contributed by atoms with van der Waals surface area (Å²) < 4.78 is 0. The van der Waals surface area contributed by atoms with Gasteiger partial charge >= 0.3 is 0 Å². The first kappa shape index (κ1) is 14.1. The number of carbonyl (C=O) groups is 1. The Hall–Kier alpha value is -2.88. The van der Waals surface area contributed by atoms with Crippen LogP contribution in [0.5, 0.6) is 0 Å². The van der Waals surface area contributed by atoms with Gasteiger partial charge in [-0.15, -0.1) is 0 Å². The molecule has 2 N–H and O–H groups in total. The molecule has 3 aromatic rings. The topological polar surface area (TPSA) is 57.2 Å². The van der Waals surface area contributed by atoms with Crippen LogP contribution in [0, 0.1) is 6.92 Å². The quantitative estimate of drug-likeness (QED) is 0.563. The van der Waals surface area contributed by atoms with Gasteiger partial charge in [-0.05, 0) is 24.1 Å². The number of aromatic nitrogens is 1. The van der Waals surface area contributed by atoms with E-state index in [9.17, 15) is 4.79 Å². The molecule has 0 bridgehead atoms. The van der Waals surface area contributed by atoms with E-state index in [1.165, 1.54) is 5.56 Å². The predicted octanol–water partition coefficient (Wildman–Crippen LogP) is 3.17. The molecule has 22 heavy (non-hydrogen) atoms. The molecule has 0 unspecified atom stereocenters. The van der Waals surface area contributed by atoms with Crippen LogP contribution < -0.4 is 5.43 Å². The highest BCUT2D eigenvalue weighted by Gasteiger charge is 2.07. The molecule has 110 valence electrons. The molecule has 3 rings (SSSR count). The van der Waals surface area contributed by atoms with Gasteiger partial charge in [0.1, 0.15) is 0 Å². The maximum atomic E-state index is 12.0. The Morgan fingerprint density at radius 3 is 2.77 bits per heavy atom. The Kier molecular flexibility index (Phi) is 4.01. The molecule has 1 amide bonds. The van der Waals surface area contributed by atoms with Crippen molar-refractivity contribution in [3.8, 4) is 0 Å². The van der Waals surface area contributed by atoms with Crippen molar-refractivity contribution in [3.05, 3.63) is 71.4 Å². The van der Waals surface area contributed by atoms with Crippen LogP contribution in [-0.4, -0.2) is 17.1 Å². The van der Waals surface area contributed by atoms with Gasteiger partial charge in [0.15, 0.2) is 0 Å². The number of rotatable bonds is 4. The zero-order valence-electron chi connectivity index (χ0n) is 12.3. The largest absolute Gasteiger partial charge is 0.361 e. The molecule has 1 heterocycles. The predicted molar refractivity (Wildman–Crippen MR) is 88.9 cm³/mol. The summed E-state index contributed by atoms with van der Waals surface area (Å²) in [6.45, 7) is 2.03. The number of benzene rings is 2. The Balaban J connectivity index is 1.62.